The fourth-order valence-electron chi connectivity index (χ4n) is 3.79. The SMILES string of the molecule is CCCCNC(=O)[C@H](Cc1ccccc1)N(Cc1ccccc1)C(=O)CSCc1ccccc1F. The van der Waals surface area contributed by atoms with E-state index in [2.05, 4.69) is 12.2 Å². The quantitative estimate of drug-likeness (QED) is 0.315. The Morgan fingerprint density at radius 3 is 2.20 bits per heavy atom. The number of benzene rings is 3. The third-order valence-corrected chi connectivity index (χ3v) is 6.70. The topological polar surface area (TPSA) is 49.4 Å². The summed E-state index contributed by atoms with van der Waals surface area (Å²) in [5, 5.41) is 3.03. The molecule has 0 aliphatic rings. The second-order valence-corrected chi connectivity index (χ2v) is 9.43. The molecule has 3 rings (SSSR count). The van der Waals surface area contributed by atoms with Crippen molar-refractivity contribution in [3.05, 3.63) is 107 Å². The van der Waals surface area contributed by atoms with E-state index in [-0.39, 0.29) is 23.4 Å². The normalized spacial score (nSPS) is 11.6. The van der Waals surface area contributed by atoms with Gasteiger partial charge in [0.15, 0.2) is 0 Å². The Hall–Kier alpha value is -3.12. The van der Waals surface area contributed by atoms with Crippen molar-refractivity contribution in [3.8, 4) is 0 Å². The van der Waals surface area contributed by atoms with Crippen molar-refractivity contribution >= 4 is 23.6 Å². The summed E-state index contributed by atoms with van der Waals surface area (Å²) in [6.07, 6.45) is 2.28. The van der Waals surface area contributed by atoms with Gasteiger partial charge in [-0.2, -0.15) is 0 Å². The van der Waals surface area contributed by atoms with Crippen molar-refractivity contribution in [2.45, 2.75) is 44.5 Å². The summed E-state index contributed by atoms with van der Waals surface area (Å²) in [6.45, 7) is 2.99. The molecule has 184 valence electrons. The Morgan fingerprint density at radius 2 is 1.54 bits per heavy atom. The first kappa shape index (κ1) is 26.5. The number of unbranched alkanes of at least 4 members (excludes halogenated alkanes) is 1. The van der Waals surface area contributed by atoms with Crippen LogP contribution in [0.4, 0.5) is 4.39 Å². The fourth-order valence-corrected chi connectivity index (χ4v) is 4.68. The summed E-state index contributed by atoms with van der Waals surface area (Å²) in [6, 6.07) is 25.4. The van der Waals surface area contributed by atoms with Crippen LogP contribution in [0, 0.1) is 5.82 Å². The predicted octanol–water partition coefficient (Wildman–Crippen LogP) is 5.62. The standard InChI is InChI=1S/C29H33FN2O2S/c1-2-3-18-31-29(34)27(19-23-12-6-4-7-13-23)32(20-24-14-8-5-9-15-24)28(33)22-35-21-25-16-10-11-17-26(25)30/h4-17,27H,2-3,18-22H2,1H3,(H,31,34)/t27-/m0/s1. The number of amides is 2. The molecule has 0 aliphatic carbocycles. The molecule has 0 saturated heterocycles. The number of carbonyl (C=O) groups excluding carboxylic acids is 2. The molecule has 0 spiro atoms. The van der Waals surface area contributed by atoms with Gasteiger partial charge in [-0.15, -0.1) is 11.8 Å². The highest BCUT2D eigenvalue weighted by Gasteiger charge is 2.30. The number of thioether (sulfide) groups is 1. The Morgan fingerprint density at radius 1 is 0.914 bits per heavy atom. The fraction of sp³-hybridized carbons (Fsp3) is 0.310. The van der Waals surface area contributed by atoms with Crippen molar-refractivity contribution in [2.75, 3.05) is 12.3 Å². The number of nitrogens with zero attached hydrogens (tertiary/aromatic N) is 1. The third kappa shape index (κ3) is 8.55. The first-order valence-electron chi connectivity index (χ1n) is 12.0. The van der Waals surface area contributed by atoms with Gasteiger partial charge in [-0.05, 0) is 29.2 Å². The number of carbonyl (C=O) groups is 2. The summed E-state index contributed by atoms with van der Waals surface area (Å²) in [7, 11) is 0. The van der Waals surface area contributed by atoms with E-state index in [1.165, 1.54) is 17.8 Å². The highest BCUT2D eigenvalue weighted by molar-refractivity contribution is 7.99. The minimum Gasteiger partial charge on any atom is -0.354 e. The molecule has 2 amide bonds. The molecule has 3 aromatic rings. The minimum absolute atomic E-state index is 0.137. The van der Waals surface area contributed by atoms with E-state index < -0.39 is 6.04 Å². The van der Waals surface area contributed by atoms with Crippen LogP contribution in [-0.2, 0) is 28.3 Å². The van der Waals surface area contributed by atoms with E-state index in [1.807, 2.05) is 60.7 Å². The Bertz CT molecular complexity index is 1060. The molecule has 0 fully saturated rings. The molecule has 0 radical (unpaired) electrons. The van der Waals surface area contributed by atoms with Gasteiger partial charge in [0.2, 0.25) is 11.8 Å². The lowest BCUT2D eigenvalue weighted by Crippen LogP contribution is -2.51. The number of hydrogen-bond donors (Lipinski definition) is 1. The zero-order valence-electron chi connectivity index (χ0n) is 20.2. The van der Waals surface area contributed by atoms with Gasteiger partial charge in [-0.1, -0.05) is 92.2 Å². The van der Waals surface area contributed by atoms with Crippen LogP contribution in [0.2, 0.25) is 0 Å². The minimum atomic E-state index is -0.643. The van der Waals surface area contributed by atoms with Gasteiger partial charge in [-0.25, -0.2) is 4.39 Å². The van der Waals surface area contributed by atoms with Gasteiger partial charge >= 0.3 is 0 Å². The lowest BCUT2D eigenvalue weighted by Gasteiger charge is -2.31. The number of hydrogen-bond acceptors (Lipinski definition) is 3. The van der Waals surface area contributed by atoms with Crippen LogP contribution in [0.5, 0.6) is 0 Å². The van der Waals surface area contributed by atoms with Crippen molar-refractivity contribution < 1.29 is 14.0 Å². The molecule has 0 saturated carbocycles. The summed E-state index contributed by atoms with van der Waals surface area (Å²) in [4.78, 5) is 28.5. The predicted molar refractivity (Wildman–Crippen MR) is 141 cm³/mol. The molecule has 1 atom stereocenters. The van der Waals surface area contributed by atoms with Crippen molar-refractivity contribution in [3.63, 3.8) is 0 Å². The smallest absolute Gasteiger partial charge is 0.243 e. The molecule has 1 N–H and O–H groups in total. The van der Waals surface area contributed by atoms with Crippen molar-refractivity contribution in [2.24, 2.45) is 0 Å². The van der Waals surface area contributed by atoms with Gasteiger partial charge in [0, 0.05) is 25.3 Å². The zero-order chi connectivity index (χ0) is 24.9. The van der Waals surface area contributed by atoms with Crippen LogP contribution in [0.3, 0.4) is 0 Å². The Kier molecular flexibility index (Phi) is 10.8. The van der Waals surface area contributed by atoms with E-state index in [4.69, 9.17) is 0 Å². The molecule has 0 unspecified atom stereocenters. The monoisotopic (exact) mass is 492 g/mol. The van der Waals surface area contributed by atoms with Crippen molar-refractivity contribution in [1.29, 1.82) is 0 Å². The van der Waals surface area contributed by atoms with E-state index >= 15 is 0 Å². The number of nitrogens with one attached hydrogen (secondary N) is 1. The lowest BCUT2D eigenvalue weighted by atomic mass is 10.0. The molecule has 0 aromatic heterocycles. The zero-order valence-corrected chi connectivity index (χ0v) is 21.0. The molecule has 0 heterocycles. The highest BCUT2D eigenvalue weighted by atomic mass is 32.2. The van der Waals surface area contributed by atoms with Gasteiger partial charge < -0.3 is 10.2 Å². The van der Waals surface area contributed by atoms with Crippen LogP contribution in [0.15, 0.2) is 84.9 Å². The van der Waals surface area contributed by atoms with Crippen LogP contribution < -0.4 is 5.32 Å². The molecule has 6 heteroatoms. The molecular formula is C29H33FN2O2S. The van der Waals surface area contributed by atoms with Crippen LogP contribution >= 0.6 is 11.8 Å². The first-order chi connectivity index (χ1) is 17.1. The molecule has 35 heavy (non-hydrogen) atoms. The number of halogens is 1. The molecule has 3 aromatic carbocycles. The maximum absolute atomic E-state index is 14.0. The largest absolute Gasteiger partial charge is 0.354 e. The molecule has 0 bridgehead atoms. The summed E-state index contributed by atoms with van der Waals surface area (Å²) in [5.41, 5.74) is 2.52. The third-order valence-electron chi connectivity index (χ3n) is 5.74. The second-order valence-electron chi connectivity index (χ2n) is 8.44. The second kappa shape index (κ2) is 14.3. The van der Waals surface area contributed by atoms with Crippen molar-refractivity contribution in [1.82, 2.24) is 10.2 Å². The molecule has 4 nitrogen and oxygen atoms in total. The highest BCUT2D eigenvalue weighted by Crippen LogP contribution is 2.19. The Balaban J connectivity index is 1.81. The van der Waals surface area contributed by atoms with Gasteiger partial charge in [0.25, 0.3) is 0 Å². The van der Waals surface area contributed by atoms with E-state index in [9.17, 15) is 14.0 Å². The molecule has 0 aliphatic heterocycles. The first-order valence-corrected chi connectivity index (χ1v) is 13.2. The lowest BCUT2D eigenvalue weighted by molar-refractivity contribution is -0.139. The van der Waals surface area contributed by atoms with Gasteiger partial charge in [0.05, 0.1) is 5.75 Å². The van der Waals surface area contributed by atoms with E-state index in [1.54, 1.807) is 23.1 Å². The summed E-state index contributed by atoms with van der Waals surface area (Å²) >= 11 is 1.36. The summed E-state index contributed by atoms with van der Waals surface area (Å²) < 4.78 is 14.0. The summed E-state index contributed by atoms with van der Waals surface area (Å²) in [5.74, 6) is -0.00322. The van der Waals surface area contributed by atoms with Crippen LogP contribution in [-0.4, -0.2) is 35.1 Å². The maximum Gasteiger partial charge on any atom is 0.243 e. The molecular weight excluding hydrogens is 459 g/mol. The van der Waals surface area contributed by atoms with Crippen LogP contribution in [0.25, 0.3) is 0 Å². The average Bonchev–Trinajstić information content (AvgIpc) is 2.88. The van der Waals surface area contributed by atoms with E-state index in [0.29, 0.717) is 30.8 Å². The van der Waals surface area contributed by atoms with E-state index in [0.717, 1.165) is 24.0 Å². The maximum atomic E-state index is 14.0. The average molecular weight is 493 g/mol. The van der Waals surface area contributed by atoms with Crippen LogP contribution in [0.1, 0.15) is 36.5 Å². The number of rotatable bonds is 13. The van der Waals surface area contributed by atoms with Gasteiger partial charge in [-0.3, -0.25) is 9.59 Å². The van der Waals surface area contributed by atoms with Gasteiger partial charge in [0.1, 0.15) is 11.9 Å². The Labute approximate surface area is 211 Å².